The van der Waals surface area contributed by atoms with E-state index in [1.54, 1.807) is 23.5 Å². The number of benzene rings is 1. The first-order valence-corrected chi connectivity index (χ1v) is 6.71. The van der Waals surface area contributed by atoms with Crippen LogP contribution in [0.3, 0.4) is 0 Å². The van der Waals surface area contributed by atoms with Gasteiger partial charge in [-0.3, -0.25) is 4.79 Å². The third kappa shape index (κ3) is 2.71. The Bertz CT molecular complexity index is 549. The van der Waals surface area contributed by atoms with Gasteiger partial charge in [-0.1, -0.05) is 0 Å². The molecule has 1 heterocycles. The smallest absolute Gasteiger partial charge is 0.252 e. The number of hydrogen-bond donors (Lipinski definition) is 2. The van der Waals surface area contributed by atoms with Gasteiger partial charge in [0.25, 0.3) is 5.91 Å². The van der Waals surface area contributed by atoms with Gasteiger partial charge in [-0.2, -0.15) is 11.3 Å². The van der Waals surface area contributed by atoms with Crippen LogP contribution < -0.4 is 11.1 Å². The number of carbonyl (C=O) groups excluding carboxylic acids is 1. The van der Waals surface area contributed by atoms with Crippen molar-refractivity contribution in [1.82, 2.24) is 5.32 Å². The number of aryl methyl sites for hydroxylation is 1. The number of carbonyl (C=O) groups is 1. The minimum absolute atomic E-state index is 0.0145. The predicted octanol–water partition coefficient (Wildman–Crippen LogP) is 3.13. The average molecular weight is 260 g/mol. The third-order valence-corrected chi connectivity index (χ3v) is 3.59. The molecule has 0 fully saturated rings. The van der Waals surface area contributed by atoms with E-state index in [0.717, 1.165) is 11.1 Å². The Balaban J connectivity index is 2.12. The Morgan fingerprint density at radius 3 is 2.78 bits per heavy atom. The van der Waals surface area contributed by atoms with Crippen LogP contribution in [0.4, 0.5) is 5.69 Å². The zero-order valence-corrected chi connectivity index (χ0v) is 11.3. The summed E-state index contributed by atoms with van der Waals surface area (Å²) < 4.78 is 0. The molecule has 1 amide bonds. The lowest BCUT2D eigenvalue weighted by Crippen LogP contribution is -2.27. The highest BCUT2D eigenvalue weighted by Crippen LogP contribution is 2.18. The number of hydrogen-bond acceptors (Lipinski definition) is 3. The largest absolute Gasteiger partial charge is 0.399 e. The standard InChI is InChI=1S/C14H16N2OS/c1-9-7-12(15)3-4-13(9)14(17)16-10(2)11-5-6-18-8-11/h3-8,10H,15H2,1-2H3,(H,16,17). The van der Waals surface area contributed by atoms with E-state index in [0.29, 0.717) is 11.3 Å². The van der Waals surface area contributed by atoms with Crippen LogP contribution in [0.5, 0.6) is 0 Å². The minimum Gasteiger partial charge on any atom is -0.399 e. The summed E-state index contributed by atoms with van der Waals surface area (Å²) in [5.41, 5.74) is 9.04. The molecule has 2 aromatic rings. The molecule has 0 aliphatic rings. The summed E-state index contributed by atoms with van der Waals surface area (Å²) >= 11 is 1.63. The number of amides is 1. The molecule has 0 saturated carbocycles. The van der Waals surface area contributed by atoms with Crippen LogP contribution in [-0.2, 0) is 0 Å². The van der Waals surface area contributed by atoms with Crippen molar-refractivity contribution < 1.29 is 4.79 Å². The van der Waals surface area contributed by atoms with Crippen LogP contribution >= 0.6 is 11.3 Å². The number of nitrogens with one attached hydrogen (secondary N) is 1. The van der Waals surface area contributed by atoms with Crippen molar-refractivity contribution in [3.05, 3.63) is 51.7 Å². The summed E-state index contributed by atoms with van der Waals surface area (Å²) in [6, 6.07) is 7.35. The molecule has 18 heavy (non-hydrogen) atoms. The van der Waals surface area contributed by atoms with Gasteiger partial charge in [-0.05, 0) is 60.0 Å². The topological polar surface area (TPSA) is 55.1 Å². The molecular weight excluding hydrogens is 244 g/mol. The van der Waals surface area contributed by atoms with Crippen LogP contribution in [0.2, 0.25) is 0 Å². The number of nitrogens with two attached hydrogens (primary N) is 1. The van der Waals surface area contributed by atoms with Crippen molar-refractivity contribution in [2.45, 2.75) is 19.9 Å². The van der Waals surface area contributed by atoms with Crippen molar-refractivity contribution in [2.24, 2.45) is 0 Å². The summed E-state index contributed by atoms with van der Waals surface area (Å²) in [6.45, 7) is 3.87. The van der Waals surface area contributed by atoms with E-state index in [2.05, 4.69) is 5.32 Å². The van der Waals surface area contributed by atoms with Crippen molar-refractivity contribution >= 4 is 22.9 Å². The second-order valence-electron chi connectivity index (χ2n) is 4.33. The first-order valence-electron chi connectivity index (χ1n) is 5.77. The van der Waals surface area contributed by atoms with Crippen LogP contribution in [-0.4, -0.2) is 5.91 Å². The summed E-state index contributed by atoms with van der Waals surface area (Å²) in [7, 11) is 0. The van der Waals surface area contributed by atoms with Gasteiger partial charge in [0.2, 0.25) is 0 Å². The number of thiophene rings is 1. The molecule has 1 aromatic heterocycles. The highest BCUT2D eigenvalue weighted by molar-refractivity contribution is 7.07. The maximum absolute atomic E-state index is 12.1. The van der Waals surface area contributed by atoms with E-state index in [1.165, 1.54) is 0 Å². The van der Waals surface area contributed by atoms with Gasteiger partial charge in [0.15, 0.2) is 0 Å². The third-order valence-electron chi connectivity index (χ3n) is 2.89. The molecule has 0 aliphatic heterocycles. The molecule has 94 valence electrons. The molecular formula is C14H16N2OS. The second kappa shape index (κ2) is 5.23. The highest BCUT2D eigenvalue weighted by Gasteiger charge is 2.13. The minimum atomic E-state index is -0.0637. The van der Waals surface area contributed by atoms with Gasteiger partial charge < -0.3 is 11.1 Å². The van der Waals surface area contributed by atoms with Crippen molar-refractivity contribution in [1.29, 1.82) is 0 Å². The average Bonchev–Trinajstić information content (AvgIpc) is 2.81. The van der Waals surface area contributed by atoms with Crippen LogP contribution in [0, 0.1) is 6.92 Å². The van der Waals surface area contributed by atoms with Gasteiger partial charge >= 0.3 is 0 Å². The SMILES string of the molecule is Cc1cc(N)ccc1C(=O)NC(C)c1ccsc1. The molecule has 2 rings (SSSR count). The lowest BCUT2D eigenvalue weighted by molar-refractivity contribution is 0.0939. The maximum atomic E-state index is 12.1. The lowest BCUT2D eigenvalue weighted by atomic mass is 10.1. The van der Waals surface area contributed by atoms with Crippen molar-refractivity contribution in [3.63, 3.8) is 0 Å². The van der Waals surface area contributed by atoms with E-state index < -0.39 is 0 Å². The Hall–Kier alpha value is -1.81. The first kappa shape index (κ1) is 12.6. The summed E-state index contributed by atoms with van der Waals surface area (Å²) in [5.74, 6) is -0.0637. The molecule has 0 radical (unpaired) electrons. The summed E-state index contributed by atoms with van der Waals surface area (Å²) in [5, 5.41) is 7.03. The molecule has 3 N–H and O–H groups in total. The first-order chi connectivity index (χ1) is 8.58. The summed E-state index contributed by atoms with van der Waals surface area (Å²) in [4.78, 5) is 12.1. The quantitative estimate of drug-likeness (QED) is 0.833. The Labute approximate surface area is 111 Å². The second-order valence-corrected chi connectivity index (χ2v) is 5.11. The molecule has 1 unspecified atom stereocenters. The fraction of sp³-hybridized carbons (Fsp3) is 0.214. The fourth-order valence-corrected chi connectivity index (χ4v) is 2.57. The van der Waals surface area contributed by atoms with Crippen molar-refractivity contribution in [3.8, 4) is 0 Å². The Morgan fingerprint density at radius 2 is 2.17 bits per heavy atom. The Kier molecular flexibility index (Phi) is 3.67. The number of rotatable bonds is 3. The van der Waals surface area contributed by atoms with Crippen LogP contribution in [0.15, 0.2) is 35.0 Å². The summed E-state index contributed by atoms with van der Waals surface area (Å²) in [6.07, 6.45) is 0. The molecule has 3 nitrogen and oxygen atoms in total. The number of anilines is 1. The van der Waals surface area contributed by atoms with E-state index in [-0.39, 0.29) is 11.9 Å². The van der Waals surface area contributed by atoms with Gasteiger partial charge in [0.05, 0.1) is 6.04 Å². The fourth-order valence-electron chi connectivity index (χ4n) is 1.82. The molecule has 0 spiro atoms. The van der Waals surface area contributed by atoms with Gasteiger partial charge in [0, 0.05) is 11.3 Å². The maximum Gasteiger partial charge on any atom is 0.252 e. The molecule has 4 heteroatoms. The van der Waals surface area contributed by atoms with Gasteiger partial charge in [0.1, 0.15) is 0 Å². The predicted molar refractivity (Wildman–Crippen MR) is 75.8 cm³/mol. The van der Waals surface area contributed by atoms with E-state index in [1.807, 2.05) is 36.7 Å². The van der Waals surface area contributed by atoms with Crippen LogP contribution in [0.25, 0.3) is 0 Å². The monoisotopic (exact) mass is 260 g/mol. The van der Waals surface area contributed by atoms with E-state index in [4.69, 9.17) is 5.73 Å². The van der Waals surface area contributed by atoms with Crippen molar-refractivity contribution in [2.75, 3.05) is 5.73 Å². The van der Waals surface area contributed by atoms with Crippen LogP contribution in [0.1, 0.15) is 34.5 Å². The normalized spacial score (nSPS) is 12.1. The lowest BCUT2D eigenvalue weighted by Gasteiger charge is -2.14. The molecule has 0 bridgehead atoms. The van der Waals surface area contributed by atoms with E-state index in [9.17, 15) is 4.79 Å². The zero-order chi connectivity index (χ0) is 13.1. The Morgan fingerprint density at radius 1 is 1.39 bits per heavy atom. The van der Waals surface area contributed by atoms with Gasteiger partial charge in [-0.15, -0.1) is 0 Å². The molecule has 0 aliphatic carbocycles. The molecule has 0 saturated heterocycles. The van der Waals surface area contributed by atoms with E-state index >= 15 is 0 Å². The zero-order valence-electron chi connectivity index (χ0n) is 10.4. The highest BCUT2D eigenvalue weighted by atomic mass is 32.1. The van der Waals surface area contributed by atoms with Gasteiger partial charge in [-0.25, -0.2) is 0 Å². The number of nitrogen functional groups attached to an aromatic ring is 1. The molecule has 1 aromatic carbocycles. The molecule has 1 atom stereocenters.